The lowest BCUT2D eigenvalue weighted by atomic mass is 10.2. The quantitative estimate of drug-likeness (QED) is 0.675. The summed E-state index contributed by atoms with van der Waals surface area (Å²) in [5.41, 5.74) is 5.98. The minimum absolute atomic E-state index is 0.121. The van der Waals surface area contributed by atoms with Crippen molar-refractivity contribution in [2.75, 3.05) is 5.73 Å². The molecule has 0 spiro atoms. The smallest absolute Gasteiger partial charge is 0.240 e. The summed E-state index contributed by atoms with van der Waals surface area (Å²) in [7, 11) is -8.45. The van der Waals surface area contributed by atoms with Crippen LogP contribution in [0.25, 0.3) is 5.03 Å². The van der Waals surface area contributed by atoms with E-state index in [1.165, 1.54) is 0 Å². The molecule has 0 saturated carbocycles. The Morgan fingerprint density at radius 1 is 1.05 bits per heavy atom. The van der Waals surface area contributed by atoms with Gasteiger partial charge in [0.25, 0.3) is 0 Å². The van der Waals surface area contributed by atoms with Crippen LogP contribution < -0.4 is 16.0 Å². The van der Waals surface area contributed by atoms with Gasteiger partial charge in [0, 0.05) is 11.1 Å². The van der Waals surface area contributed by atoms with Crippen molar-refractivity contribution in [3.8, 4) is 0 Å². The third-order valence-electron chi connectivity index (χ3n) is 2.08. The maximum Gasteiger partial charge on any atom is 0.240 e. The Bertz CT molecular complexity index is 756. The molecule has 0 atom stereocenters. The van der Waals surface area contributed by atoms with Crippen LogP contribution in [0.15, 0.2) is 27.5 Å². The van der Waals surface area contributed by atoms with Gasteiger partial charge in [-0.2, -0.15) is 0 Å². The molecule has 0 fully saturated rings. The highest BCUT2D eigenvalue weighted by Crippen LogP contribution is 2.32. The lowest BCUT2D eigenvalue weighted by Crippen LogP contribution is -2.19. The van der Waals surface area contributed by atoms with Crippen LogP contribution in [0.2, 0.25) is 0 Å². The molecule has 0 aliphatic carbocycles. The maximum atomic E-state index is 11.4. The zero-order chi connectivity index (χ0) is 15.0. The molecule has 0 radical (unpaired) electrons. The molecular formula is C8H9Cl2N3O4S2. The Morgan fingerprint density at radius 3 is 1.89 bits per heavy atom. The van der Waals surface area contributed by atoms with E-state index in [4.69, 9.17) is 39.2 Å². The summed E-state index contributed by atoms with van der Waals surface area (Å²) in [5.74, 6) is 0. The maximum absolute atomic E-state index is 11.4. The molecule has 11 heteroatoms. The molecular weight excluding hydrogens is 337 g/mol. The van der Waals surface area contributed by atoms with E-state index in [2.05, 4.69) is 0 Å². The average Bonchev–Trinajstić information content (AvgIpc) is 2.24. The van der Waals surface area contributed by atoms with Crippen LogP contribution in [0.4, 0.5) is 5.69 Å². The molecule has 6 N–H and O–H groups in total. The Labute approximate surface area is 120 Å². The molecule has 1 aromatic carbocycles. The minimum atomic E-state index is -4.25. The van der Waals surface area contributed by atoms with Gasteiger partial charge in [-0.15, -0.1) is 0 Å². The molecule has 0 aliphatic heterocycles. The molecule has 0 heterocycles. The van der Waals surface area contributed by atoms with Gasteiger partial charge in [-0.3, -0.25) is 0 Å². The average molecular weight is 346 g/mol. The number of nitrogens with two attached hydrogens (primary N) is 3. The fraction of sp³-hybridized carbons (Fsp3) is 0. The zero-order valence-corrected chi connectivity index (χ0v) is 12.3. The fourth-order valence-electron chi connectivity index (χ4n) is 1.31. The van der Waals surface area contributed by atoms with E-state index in [0.29, 0.717) is 0 Å². The number of primary sulfonamides is 2. The number of nitrogen functional groups attached to an aromatic ring is 1. The van der Waals surface area contributed by atoms with E-state index in [1.807, 2.05) is 0 Å². The van der Waals surface area contributed by atoms with Gasteiger partial charge in [-0.1, -0.05) is 23.2 Å². The van der Waals surface area contributed by atoms with Gasteiger partial charge in [0.15, 0.2) is 0 Å². The normalized spacial score (nSPS) is 13.6. The highest BCUT2D eigenvalue weighted by molar-refractivity contribution is 7.90. The number of benzene rings is 1. The van der Waals surface area contributed by atoms with Crippen molar-refractivity contribution in [1.82, 2.24) is 0 Å². The number of halogens is 2. The van der Waals surface area contributed by atoms with E-state index in [0.717, 1.165) is 17.7 Å². The first-order valence-electron chi connectivity index (χ1n) is 4.44. The van der Waals surface area contributed by atoms with Crippen LogP contribution >= 0.6 is 23.2 Å². The summed E-state index contributed by atoms with van der Waals surface area (Å²) in [6.07, 6.45) is 0. The van der Waals surface area contributed by atoms with Gasteiger partial charge in [0.05, 0.1) is 15.6 Å². The highest BCUT2D eigenvalue weighted by Gasteiger charge is 2.22. The van der Waals surface area contributed by atoms with E-state index in [-0.39, 0.29) is 16.3 Å². The van der Waals surface area contributed by atoms with Crippen molar-refractivity contribution in [2.45, 2.75) is 9.79 Å². The van der Waals surface area contributed by atoms with Crippen LogP contribution in [-0.4, -0.2) is 16.8 Å². The number of rotatable bonds is 3. The SMILES string of the molecule is Nc1cc(/C(Cl)=C/Cl)c(S(N)(=O)=O)cc1S(N)(=O)=O. The largest absolute Gasteiger partial charge is 0.398 e. The third kappa shape index (κ3) is 3.59. The molecule has 1 rings (SSSR count). The van der Waals surface area contributed by atoms with Gasteiger partial charge in [-0.05, 0) is 12.1 Å². The van der Waals surface area contributed by atoms with Crippen LogP contribution in [0, 0.1) is 0 Å². The van der Waals surface area contributed by atoms with Crippen molar-refractivity contribution in [3.05, 3.63) is 23.2 Å². The van der Waals surface area contributed by atoms with Crippen LogP contribution in [0.5, 0.6) is 0 Å². The summed E-state index contributed by atoms with van der Waals surface area (Å²) < 4.78 is 45.4. The second-order valence-electron chi connectivity index (χ2n) is 3.43. The molecule has 1 aromatic rings. The molecule has 19 heavy (non-hydrogen) atoms. The van der Waals surface area contributed by atoms with Gasteiger partial charge >= 0.3 is 0 Å². The standard InChI is InChI=1S/C8H9Cl2N3O4S2/c9-3-5(10)4-1-6(11)8(19(13,16)17)2-7(4)18(12,14)15/h1-3H,11H2,(H2,12,14,15)(H2,13,16,17)/b5-3-. The monoisotopic (exact) mass is 345 g/mol. The van der Waals surface area contributed by atoms with Crippen LogP contribution in [0.1, 0.15) is 5.56 Å². The first-order chi connectivity index (χ1) is 8.48. The fourth-order valence-corrected chi connectivity index (χ4v) is 3.14. The minimum Gasteiger partial charge on any atom is -0.398 e. The molecule has 0 unspecified atom stereocenters. The Kier molecular flexibility index (Phi) is 4.50. The highest BCUT2D eigenvalue weighted by atomic mass is 35.5. The molecule has 7 nitrogen and oxygen atoms in total. The van der Waals surface area contributed by atoms with Crippen molar-refractivity contribution in [2.24, 2.45) is 10.3 Å². The second-order valence-corrected chi connectivity index (χ2v) is 7.12. The Morgan fingerprint density at radius 2 is 1.53 bits per heavy atom. The molecule has 0 bridgehead atoms. The van der Waals surface area contributed by atoms with E-state index in [9.17, 15) is 16.8 Å². The lowest BCUT2D eigenvalue weighted by Gasteiger charge is -2.11. The van der Waals surface area contributed by atoms with Crippen molar-refractivity contribution < 1.29 is 16.8 Å². The Hall–Kier alpha value is -0.840. The van der Waals surface area contributed by atoms with Gasteiger partial charge in [0.2, 0.25) is 20.0 Å². The van der Waals surface area contributed by atoms with Crippen LogP contribution in [0.3, 0.4) is 0 Å². The van der Waals surface area contributed by atoms with E-state index >= 15 is 0 Å². The second kappa shape index (κ2) is 5.27. The number of anilines is 1. The summed E-state index contributed by atoms with van der Waals surface area (Å²) in [6, 6.07) is 1.75. The Balaban J connectivity index is 3.86. The molecule has 0 amide bonds. The van der Waals surface area contributed by atoms with E-state index in [1.54, 1.807) is 0 Å². The van der Waals surface area contributed by atoms with Crippen molar-refractivity contribution in [1.29, 1.82) is 0 Å². The van der Waals surface area contributed by atoms with Crippen LogP contribution in [-0.2, 0) is 20.0 Å². The van der Waals surface area contributed by atoms with Gasteiger partial charge in [0.1, 0.15) is 4.90 Å². The molecule has 0 aromatic heterocycles. The zero-order valence-electron chi connectivity index (χ0n) is 9.17. The van der Waals surface area contributed by atoms with Crippen molar-refractivity contribution >= 4 is 54.0 Å². The number of hydrogen-bond acceptors (Lipinski definition) is 5. The number of hydrogen-bond donors (Lipinski definition) is 3. The van der Waals surface area contributed by atoms with Gasteiger partial charge in [-0.25, -0.2) is 27.1 Å². The lowest BCUT2D eigenvalue weighted by molar-refractivity contribution is 0.596. The summed E-state index contributed by atoms with van der Waals surface area (Å²) in [4.78, 5) is -1.12. The molecule has 106 valence electrons. The predicted octanol–water partition coefficient (Wildman–Crippen LogP) is 0.340. The summed E-state index contributed by atoms with van der Waals surface area (Å²) in [6.45, 7) is 0. The predicted molar refractivity (Wildman–Crippen MR) is 73.3 cm³/mol. The summed E-state index contributed by atoms with van der Waals surface area (Å²) >= 11 is 11.1. The first kappa shape index (κ1) is 16.2. The summed E-state index contributed by atoms with van der Waals surface area (Å²) in [5, 5.41) is 9.72. The van der Waals surface area contributed by atoms with Gasteiger partial charge < -0.3 is 5.73 Å². The number of sulfonamides is 2. The molecule has 0 aliphatic rings. The third-order valence-corrected chi connectivity index (χ3v) is 4.64. The van der Waals surface area contributed by atoms with E-state index < -0.39 is 29.8 Å². The first-order valence-corrected chi connectivity index (χ1v) is 8.34. The topological polar surface area (TPSA) is 146 Å². The molecule has 0 saturated heterocycles. The van der Waals surface area contributed by atoms with Crippen molar-refractivity contribution in [3.63, 3.8) is 0 Å².